The fraction of sp³-hybridized carbons (Fsp3) is 0.800. The molecule has 0 atom stereocenters. The molecule has 0 fully saturated rings. The number of hydrogen-bond donors (Lipinski definition) is 2. The first-order valence-electron chi connectivity index (χ1n) is 2.82. The molecule has 0 heterocycles. The maximum absolute atomic E-state index is 10.3. The third-order valence-electron chi connectivity index (χ3n) is 0.622. The number of carbonyl (C=O) groups is 1. The molecule has 5 heteroatoms. The summed E-state index contributed by atoms with van der Waals surface area (Å²) in [5, 5.41) is 16.3. The zero-order valence-corrected chi connectivity index (χ0v) is 5.45. The Morgan fingerprint density at radius 2 is 1.50 bits per heavy atom. The van der Waals surface area contributed by atoms with Gasteiger partial charge in [0.2, 0.25) is 0 Å². The number of hydrogen-bond acceptors (Lipinski definition) is 5. The van der Waals surface area contributed by atoms with E-state index in [0.29, 0.717) is 0 Å². The van der Waals surface area contributed by atoms with E-state index in [4.69, 9.17) is 10.2 Å². The van der Waals surface area contributed by atoms with E-state index in [1.165, 1.54) is 0 Å². The van der Waals surface area contributed by atoms with Crippen LogP contribution in [0.4, 0.5) is 4.79 Å². The molecule has 0 aliphatic rings. The average molecular weight is 150 g/mol. The highest BCUT2D eigenvalue weighted by Gasteiger charge is 2.00. The van der Waals surface area contributed by atoms with Gasteiger partial charge in [0.25, 0.3) is 0 Å². The van der Waals surface area contributed by atoms with Gasteiger partial charge in [0, 0.05) is 0 Å². The summed E-state index contributed by atoms with van der Waals surface area (Å²) in [6.07, 6.45) is -0.872. The molecule has 0 aromatic heterocycles. The minimum atomic E-state index is -0.872. The number of ether oxygens (including phenoxy) is 2. The van der Waals surface area contributed by atoms with Crippen LogP contribution in [-0.2, 0) is 9.47 Å². The van der Waals surface area contributed by atoms with Gasteiger partial charge in [-0.2, -0.15) is 0 Å². The van der Waals surface area contributed by atoms with Gasteiger partial charge in [-0.15, -0.1) is 0 Å². The van der Waals surface area contributed by atoms with Crippen molar-refractivity contribution < 1.29 is 24.5 Å². The maximum atomic E-state index is 10.3. The largest absolute Gasteiger partial charge is 0.508 e. The smallest absolute Gasteiger partial charge is 0.432 e. The number of aliphatic hydroxyl groups excluding tert-OH is 2. The van der Waals surface area contributed by atoms with Gasteiger partial charge >= 0.3 is 6.16 Å². The predicted molar refractivity (Wildman–Crippen MR) is 31.5 cm³/mol. The van der Waals surface area contributed by atoms with Crippen LogP contribution in [0.3, 0.4) is 0 Å². The molecule has 0 saturated heterocycles. The Morgan fingerprint density at radius 3 is 1.80 bits per heavy atom. The van der Waals surface area contributed by atoms with E-state index < -0.39 is 6.16 Å². The highest BCUT2D eigenvalue weighted by molar-refractivity contribution is 5.59. The molecule has 0 unspecified atom stereocenters. The van der Waals surface area contributed by atoms with Gasteiger partial charge in [-0.05, 0) is 0 Å². The second-order valence-corrected chi connectivity index (χ2v) is 1.39. The van der Waals surface area contributed by atoms with E-state index in [0.717, 1.165) is 0 Å². The molecule has 0 aromatic carbocycles. The Bertz CT molecular complexity index is 82.0. The summed E-state index contributed by atoms with van der Waals surface area (Å²) in [4.78, 5) is 10.3. The van der Waals surface area contributed by atoms with E-state index in [-0.39, 0.29) is 26.4 Å². The lowest BCUT2D eigenvalue weighted by atomic mass is 10.8. The molecule has 0 spiro atoms. The van der Waals surface area contributed by atoms with Crippen molar-refractivity contribution in [3.05, 3.63) is 0 Å². The minimum Gasteiger partial charge on any atom is -0.432 e. The molecule has 60 valence electrons. The van der Waals surface area contributed by atoms with E-state index in [9.17, 15) is 4.79 Å². The van der Waals surface area contributed by atoms with Crippen LogP contribution in [0.25, 0.3) is 0 Å². The zero-order chi connectivity index (χ0) is 7.82. The topological polar surface area (TPSA) is 76.0 Å². The lowest BCUT2D eigenvalue weighted by Gasteiger charge is -2.01. The molecular formula is C5H10O5. The van der Waals surface area contributed by atoms with Crippen molar-refractivity contribution in [2.75, 3.05) is 26.4 Å². The summed E-state index contributed by atoms with van der Waals surface area (Å²) in [7, 11) is 0. The van der Waals surface area contributed by atoms with Gasteiger partial charge in [0.1, 0.15) is 13.2 Å². The van der Waals surface area contributed by atoms with E-state index in [2.05, 4.69) is 9.47 Å². The Kier molecular flexibility index (Phi) is 5.80. The molecule has 0 aromatic rings. The molecular weight excluding hydrogens is 140 g/mol. The average Bonchev–Trinajstić information content (AvgIpc) is 1.97. The molecule has 5 nitrogen and oxygen atoms in total. The summed E-state index contributed by atoms with van der Waals surface area (Å²) < 4.78 is 8.54. The standard InChI is InChI=1S/C5H10O5/c6-1-3-9-5(8)10-4-2-7/h6-7H,1-4H2. The molecule has 0 amide bonds. The van der Waals surface area contributed by atoms with Crippen LogP contribution in [0, 0.1) is 0 Å². The van der Waals surface area contributed by atoms with Crippen LogP contribution >= 0.6 is 0 Å². The summed E-state index contributed by atoms with van der Waals surface area (Å²) >= 11 is 0. The van der Waals surface area contributed by atoms with Gasteiger partial charge < -0.3 is 19.7 Å². The summed E-state index contributed by atoms with van der Waals surface area (Å²) in [5.41, 5.74) is 0. The normalized spacial score (nSPS) is 9.00. The Hall–Kier alpha value is -0.810. The van der Waals surface area contributed by atoms with Crippen LogP contribution in [0.15, 0.2) is 0 Å². The molecule has 0 bridgehead atoms. The molecule has 0 aliphatic heterocycles. The number of carbonyl (C=O) groups excluding carboxylic acids is 1. The Balaban J connectivity index is 3.09. The van der Waals surface area contributed by atoms with Crippen LogP contribution in [0.1, 0.15) is 0 Å². The van der Waals surface area contributed by atoms with Crippen molar-refractivity contribution in [1.82, 2.24) is 0 Å². The third kappa shape index (κ3) is 5.33. The van der Waals surface area contributed by atoms with Crippen molar-refractivity contribution in [2.45, 2.75) is 0 Å². The zero-order valence-electron chi connectivity index (χ0n) is 5.45. The van der Waals surface area contributed by atoms with Gasteiger partial charge in [-0.1, -0.05) is 0 Å². The van der Waals surface area contributed by atoms with Gasteiger partial charge in [0.15, 0.2) is 0 Å². The highest BCUT2D eigenvalue weighted by atomic mass is 16.7. The van der Waals surface area contributed by atoms with Crippen molar-refractivity contribution in [3.63, 3.8) is 0 Å². The van der Waals surface area contributed by atoms with Crippen LogP contribution < -0.4 is 0 Å². The van der Waals surface area contributed by atoms with Crippen LogP contribution in [0.2, 0.25) is 0 Å². The quantitative estimate of drug-likeness (QED) is 0.509. The summed E-state index contributed by atoms with van der Waals surface area (Å²) in [6, 6.07) is 0. The molecule has 2 N–H and O–H groups in total. The molecule has 0 aliphatic carbocycles. The van der Waals surface area contributed by atoms with E-state index >= 15 is 0 Å². The maximum Gasteiger partial charge on any atom is 0.508 e. The third-order valence-corrected chi connectivity index (χ3v) is 0.622. The molecule has 0 rings (SSSR count). The second-order valence-electron chi connectivity index (χ2n) is 1.39. The lowest BCUT2D eigenvalue weighted by Crippen LogP contribution is -2.12. The van der Waals surface area contributed by atoms with E-state index in [1.54, 1.807) is 0 Å². The van der Waals surface area contributed by atoms with Crippen LogP contribution in [-0.4, -0.2) is 42.8 Å². The fourth-order valence-corrected chi connectivity index (χ4v) is 0.300. The molecule has 10 heavy (non-hydrogen) atoms. The summed E-state index contributed by atoms with van der Waals surface area (Å²) in [5.74, 6) is 0. The minimum absolute atomic E-state index is 0.0791. The predicted octanol–water partition coefficient (Wildman–Crippen LogP) is -0.876. The number of aliphatic hydroxyl groups is 2. The monoisotopic (exact) mass is 150 g/mol. The van der Waals surface area contributed by atoms with Gasteiger partial charge in [-0.3, -0.25) is 0 Å². The van der Waals surface area contributed by atoms with Gasteiger partial charge in [-0.25, -0.2) is 4.79 Å². The van der Waals surface area contributed by atoms with Crippen molar-refractivity contribution in [2.24, 2.45) is 0 Å². The lowest BCUT2D eigenvalue weighted by molar-refractivity contribution is 0.0338. The number of rotatable bonds is 4. The van der Waals surface area contributed by atoms with Crippen molar-refractivity contribution >= 4 is 6.16 Å². The van der Waals surface area contributed by atoms with Crippen LogP contribution in [0.5, 0.6) is 0 Å². The fourth-order valence-electron chi connectivity index (χ4n) is 0.300. The SMILES string of the molecule is O=C(OCCO)OCCO. The first-order valence-corrected chi connectivity index (χ1v) is 2.82. The van der Waals surface area contributed by atoms with Gasteiger partial charge in [0.05, 0.1) is 13.2 Å². The van der Waals surface area contributed by atoms with Crippen molar-refractivity contribution in [1.29, 1.82) is 0 Å². The first-order chi connectivity index (χ1) is 4.81. The first kappa shape index (κ1) is 9.19. The van der Waals surface area contributed by atoms with Crippen molar-refractivity contribution in [3.8, 4) is 0 Å². The Labute approximate surface area is 58.2 Å². The second kappa shape index (κ2) is 6.31. The molecule has 0 radical (unpaired) electrons. The summed E-state index contributed by atoms with van der Waals surface area (Å²) in [6.45, 7) is -0.614. The molecule has 0 saturated carbocycles. The Morgan fingerprint density at radius 1 is 1.10 bits per heavy atom. The highest BCUT2D eigenvalue weighted by Crippen LogP contribution is 1.82. The van der Waals surface area contributed by atoms with E-state index in [1.807, 2.05) is 0 Å².